The first-order valence-electron chi connectivity index (χ1n) is 21.3. The number of carbonyl (C=O) groups is 3. The van der Waals surface area contributed by atoms with Gasteiger partial charge in [0.1, 0.15) is 28.3 Å². The smallest absolute Gasteiger partial charge is 0.240 e. The number of ether oxygens (including phenoxy) is 2. The summed E-state index contributed by atoms with van der Waals surface area (Å²) < 4.78 is 41.0. The van der Waals surface area contributed by atoms with Crippen LogP contribution in [0.25, 0.3) is 21.6 Å². The third-order valence-corrected chi connectivity index (χ3v) is 16.2. The molecule has 0 spiro atoms. The second-order valence-electron chi connectivity index (χ2n) is 17.5. The van der Waals surface area contributed by atoms with E-state index in [-0.39, 0.29) is 42.9 Å². The fourth-order valence-corrected chi connectivity index (χ4v) is 11.6. The Labute approximate surface area is 371 Å². The number of pyridine rings is 1. The van der Waals surface area contributed by atoms with Crippen LogP contribution in [0.3, 0.4) is 0 Å². The third-order valence-electron chi connectivity index (χ3n) is 12.8. The third kappa shape index (κ3) is 9.22. The highest BCUT2D eigenvalue weighted by Gasteiger charge is 2.61. The summed E-state index contributed by atoms with van der Waals surface area (Å²) in [6.07, 6.45) is 9.14. The molecule has 11 nitrogen and oxygen atoms in total. The van der Waals surface area contributed by atoms with Gasteiger partial charge in [-0.25, -0.2) is 18.4 Å². The molecule has 0 radical (unpaired) electrons. The molecule has 2 aliphatic heterocycles. The molecule has 4 heterocycles. The van der Waals surface area contributed by atoms with Gasteiger partial charge in [-0.3, -0.25) is 19.1 Å². The van der Waals surface area contributed by atoms with Crippen molar-refractivity contribution in [3.05, 3.63) is 80.8 Å². The lowest BCUT2D eigenvalue weighted by Gasteiger charge is -2.29. The van der Waals surface area contributed by atoms with E-state index in [4.69, 9.17) is 42.6 Å². The molecular formula is C46H52Cl2N4O7S2. The highest BCUT2D eigenvalue weighted by molar-refractivity contribution is 7.90. The van der Waals surface area contributed by atoms with Crippen molar-refractivity contribution in [2.75, 3.05) is 13.7 Å². The molecule has 4 aliphatic rings. The minimum absolute atomic E-state index is 0.134. The molecule has 61 heavy (non-hydrogen) atoms. The van der Waals surface area contributed by atoms with Crippen molar-refractivity contribution >= 4 is 73.1 Å². The Hall–Kier alpha value is -4.04. The van der Waals surface area contributed by atoms with Crippen LogP contribution in [-0.4, -0.2) is 71.9 Å². The molecule has 324 valence electrons. The minimum Gasteiger partial charge on any atom is -0.496 e. The standard InChI is InChI=1S/C46H52Cl2N4O7S2/c1-26(2)37-25-60-43(50-37)36-21-41(33-15-17-40(58-4)27(3)42(33)49-36)59-31-20-38-39(53)23-46(45(55)51-61(56,57)32-13-14-32)22-30(46)11-9-7-5-6-8-10-29(44(54)52(38)24-31)18-28-12-16-34(47)35(48)19-28/h9,11-12,15-17,19,21,25-26,29-32,38H,5-8,10,13-14,18,20,22-24H2,1-4H3,(H,51,55)/b11-9-/t29-,30+,31-,38+,46-/m1/s1. The Morgan fingerprint density at radius 3 is 2.56 bits per heavy atom. The lowest BCUT2D eigenvalue weighted by Crippen LogP contribution is -2.46. The van der Waals surface area contributed by atoms with Crippen molar-refractivity contribution in [2.24, 2.45) is 17.3 Å². The summed E-state index contributed by atoms with van der Waals surface area (Å²) >= 11 is 14.2. The van der Waals surface area contributed by atoms with E-state index in [1.54, 1.807) is 24.1 Å². The number of hydrogen-bond donors (Lipinski definition) is 1. The number of aryl methyl sites for hydroxylation is 1. The molecule has 8 rings (SSSR count). The van der Waals surface area contributed by atoms with E-state index in [9.17, 15) is 18.0 Å². The van der Waals surface area contributed by atoms with Gasteiger partial charge in [0.25, 0.3) is 0 Å². The fraction of sp³-hybridized carbons (Fsp3) is 0.500. The topological polar surface area (TPSA) is 145 Å². The first kappa shape index (κ1) is 43.6. The Kier molecular flexibility index (Phi) is 12.6. The number of carbonyl (C=O) groups excluding carboxylic acids is 3. The molecule has 2 saturated carbocycles. The highest BCUT2D eigenvalue weighted by atomic mass is 35.5. The molecule has 3 fully saturated rings. The lowest BCUT2D eigenvalue weighted by atomic mass is 9.90. The number of nitrogens with zero attached hydrogens (tertiary/aromatic N) is 3. The molecule has 15 heteroatoms. The molecule has 5 atom stereocenters. The SMILES string of the molecule is COc1ccc2c(O[C@@H]3C[C@H]4C(=O)C[C@]5(C(=O)NS(=O)(=O)C6CC6)C[C@@H]5/C=C\CCCCC[C@H](Cc5ccc(Cl)c(Cl)c5)C(=O)N4C3)cc(-c3nc(C(C)C)cs3)nc2c1C. The number of benzene rings is 2. The number of hydrogen-bond acceptors (Lipinski definition) is 10. The van der Waals surface area contributed by atoms with E-state index in [2.05, 4.69) is 18.6 Å². The number of sulfonamides is 1. The summed E-state index contributed by atoms with van der Waals surface area (Å²) in [5, 5.41) is 3.77. The molecule has 0 unspecified atom stereocenters. The molecule has 4 aromatic rings. The van der Waals surface area contributed by atoms with E-state index >= 15 is 4.79 Å². The van der Waals surface area contributed by atoms with E-state index in [1.165, 1.54) is 11.3 Å². The lowest BCUT2D eigenvalue weighted by molar-refractivity contribution is -0.142. The van der Waals surface area contributed by atoms with E-state index < -0.39 is 44.7 Å². The number of rotatable bonds is 10. The largest absolute Gasteiger partial charge is 0.496 e. The number of fused-ring (bicyclic) bond motifs is 3. The number of aromatic nitrogens is 2. The Bertz CT molecular complexity index is 2500. The maximum atomic E-state index is 15.0. The van der Waals surface area contributed by atoms with Crippen LogP contribution in [0, 0.1) is 24.2 Å². The highest BCUT2D eigenvalue weighted by Crippen LogP contribution is 2.57. The van der Waals surface area contributed by atoms with Gasteiger partial charge in [-0.05, 0) is 93.5 Å². The minimum atomic E-state index is -3.85. The summed E-state index contributed by atoms with van der Waals surface area (Å²) in [6, 6.07) is 10.2. The van der Waals surface area contributed by atoms with Crippen LogP contribution in [0.1, 0.15) is 101 Å². The van der Waals surface area contributed by atoms with E-state index in [1.807, 2.05) is 48.7 Å². The number of methoxy groups -OCH3 is 1. The Morgan fingerprint density at radius 1 is 1.03 bits per heavy atom. The number of halogens is 2. The summed E-state index contributed by atoms with van der Waals surface area (Å²) in [5.41, 5.74) is 2.77. The molecule has 0 bridgehead atoms. The second-order valence-corrected chi connectivity index (χ2v) is 21.1. The zero-order valence-electron chi connectivity index (χ0n) is 34.9. The average molecular weight is 908 g/mol. The molecule has 1 N–H and O–H groups in total. The van der Waals surface area contributed by atoms with Crippen LogP contribution < -0.4 is 14.2 Å². The molecule has 2 aromatic heterocycles. The number of ketones is 1. The second kappa shape index (κ2) is 17.6. The van der Waals surface area contributed by atoms with Gasteiger partial charge in [-0.15, -0.1) is 11.3 Å². The predicted octanol–water partition coefficient (Wildman–Crippen LogP) is 9.41. The van der Waals surface area contributed by atoms with Gasteiger partial charge < -0.3 is 14.4 Å². The molecule has 2 aromatic carbocycles. The van der Waals surface area contributed by atoms with Crippen molar-refractivity contribution in [1.29, 1.82) is 0 Å². The van der Waals surface area contributed by atoms with Gasteiger partial charge in [-0.2, -0.15) is 0 Å². The molecule has 1 saturated heterocycles. The van der Waals surface area contributed by atoms with Crippen molar-refractivity contribution in [3.8, 4) is 22.2 Å². The Morgan fingerprint density at radius 2 is 1.84 bits per heavy atom. The van der Waals surface area contributed by atoms with Gasteiger partial charge in [0, 0.05) is 41.2 Å². The van der Waals surface area contributed by atoms with E-state index in [0.29, 0.717) is 64.9 Å². The van der Waals surface area contributed by atoms with Crippen molar-refractivity contribution in [3.63, 3.8) is 0 Å². The summed E-state index contributed by atoms with van der Waals surface area (Å²) in [6.45, 7) is 6.27. The normalized spacial score (nSPS) is 25.4. The average Bonchev–Trinajstić information content (AvgIpc) is 4.10. The molecular weight excluding hydrogens is 856 g/mol. The van der Waals surface area contributed by atoms with Gasteiger partial charge in [0.15, 0.2) is 5.78 Å². The van der Waals surface area contributed by atoms with E-state index in [0.717, 1.165) is 52.9 Å². The number of amides is 2. The number of nitrogens with one attached hydrogen (secondary N) is 1. The summed E-state index contributed by atoms with van der Waals surface area (Å²) in [4.78, 5) is 55.4. The van der Waals surface area contributed by atoms with Crippen LogP contribution in [0.2, 0.25) is 10.0 Å². The van der Waals surface area contributed by atoms with Gasteiger partial charge in [-0.1, -0.05) is 68.1 Å². The summed E-state index contributed by atoms with van der Waals surface area (Å²) in [7, 11) is -2.23. The number of thiazole rings is 1. The van der Waals surface area contributed by atoms with Gasteiger partial charge in [0.05, 0.1) is 51.6 Å². The van der Waals surface area contributed by atoms with Crippen LogP contribution in [0.5, 0.6) is 11.5 Å². The first-order valence-corrected chi connectivity index (χ1v) is 24.5. The van der Waals surface area contributed by atoms with Crippen molar-refractivity contribution in [1.82, 2.24) is 19.6 Å². The van der Waals surface area contributed by atoms with Gasteiger partial charge >= 0.3 is 0 Å². The van der Waals surface area contributed by atoms with Gasteiger partial charge in [0.2, 0.25) is 21.8 Å². The zero-order valence-corrected chi connectivity index (χ0v) is 38.1. The fourth-order valence-electron chi connectivity index (χ4n) is 8.93. The van der Waals surface area contributed by atoms with Crippen LogP contribution in [0.4, 0.5) is 0 Å². The predicted molar refractivity (Wildman–Crippen MR) is 239 cm³/mol. The van der Waals surface area contributed by atoms with Crippen molar-refractivity contribution < 1.29 is 32.3 Å². The van der Waals surface area contributed by atoms with Crippen LogP contribution in [-0.2, 0) is 30.8 Å². The quantitative estimate of drug-likeness (QED) is 0.154. The number of allylic oxidation sites excluding steroid dienone is 2. The maximum Gasteiger partial charge on any atom is 0.240 e. The first-order chi connectivity index (χ1) is 29.2. The maximum absolute atomic E-state index is 15.0. The zero-order chi connectivity index (χ0) is 43.2. The van der Waals surface area contributed by atoms with Crippen molar-refractivity contribution in [2.45, 2.75) is 115 Å². The Balaban J connectivity index is 1.16. The molecule has 2 amide bonds. The van der Waals surface area contributed by atoms with Crippen LogP contribution in [0.15, 0.2) is 53.9 Å². The summed E-state index contributed by atoms with van der Waals surface area (Å²) in [5.74, 6) is -0.407. The molecule has 2 aliphatic carbocycles. The van der Waals surface area contributed by atoms with Crippen LogP contribution >= 0.6 is 34.5 Å². The number of Topliss-reactive ketones (excluding diaryl/α,β-unsaturated/α-hetero) is 1. The monoisotopic (exact) mass is 906 g/mol.